The number of aromatic nitrogens is 2. The number of rotatable bonds is 5. The van der Waals surface area contributed by atoms with Crippen LogP contribution in [0.25, 0.3) is 0 Å². The maximum absolute atomic E-state index is 5.87. The monoisotopic (exact) mass is 413 g/mol. The van der Waals surface area contributed by atoms with Crippen molar-refractivity contribution >= 4 is 35.6 Å². The van der Waals surface area contributed by atoms with E-state index in [9.17, 15) is 0 Å². The molecule has 0 spiro atoms. The molecule has 120 valence electrons. The summed E-state index contributed by atoms with van der Waals surface area (Å²) in [4.78, 5) is 4.34. The van der Waals surface area contributed by atoms with E-state index in [4.69, 9.17) is 5.73 Å². The molecular weight excluding hydrogens is 389 g/mol. The molecule has 0 aliphatic heterocycles. The van der Waals surface area contributed by atoms with Crippen molar-refractivity contribution in [2.75, 3.05) is 11.9 Å². The smallest absolute Gasteiger partial charge is 0.193 e. The van der Waals surface area contributed by atoms with Crippen LogP contribution in [0.1, 0.15) is 23.4 Å². The van der Waals surface area contributed by atoms with Gasteiger partial charge in [0.1, 0.15) is 0 Å². The molecule has 0 aliphatic rings. The molecule has 5 nitrogen and oxygen atoms in total. The van der Waals surface area contributed by atoms with Crippen LogP contribution in [-0.4, -0.2) is 22.3 Å². The highest BCUT2D eigenvalue weighted by molar-refractivity contribution is 14.0. The summed E-state index contributed by atoms with van der Waals surface area (Å²) < 4.78 is 2.01. The van der Waals surface area contributed by atoms with Crippen molar-refractivity contribution in [1.82, 2.24) is 9.78 Å². The first-order valence-corrected chi connectivity index (χ1v) is 7.19. The number of halogens is 1. The summed E-state index contributed by atoms with van der Waals surface area (Å²) in [7, 11) is 0. The minimum atomic E-state index is 0. The van der Waals surface area contributed by atoms with Gasteiger partial charge in [0.25, 0.3) is 0 Å². The molecule has 0 fully saturated rings. The number of nitrogens with zero attached hydrogens (tertiary/aromatic N) is 3. The second kappa shape index (κ2) is 8.77. The molecule has 0 saturated heterocycles. The third-order valence-electron chi connectivity index (χ3n) is 3.24. The lowest BCUT2D eigenvalue weighted by Gasteiger charge is -2.06. The van der Waals surface area contributed by atoms with Crippen molar-refractivity contribution in [2.24, 2.45) is 10.7 Å². The molecule has 0 radical (unpaired) electrons. The first-order valence-electron chi connectivity index (χ1n) is 7.19. The maximum atomic E-state index is 5.87. The van der Waals surface area contributed by atoms with E-state index >= 15 is 0 Å². The van der Waals surface area contributed by atoms with Crippen molar-refractivity contribution in [3.8, 4) is 0 Å². The number of benzene rings is 1. The molecule has 2 aromatic rings. The van der Waals surface area contributed by atoms with Gasteiger partial charge in [-0.05, 0) is 45.4 Å². The summed E-state index contributed by atoms with van der Waals surface area (Å²) in [6, 6.07) is 10.1. The standard InChI is InChI=1S/C16H23N5.HI/c1-12-5-7-15(8-6-12)19-16(17)18-9-4-10-21-14(3)11-13(2)20-21;/h5-8,11H,4,9-10H2,1-3H3,(H3,17,18,19);1H. The average molecular weight is 413 g/mol. The predicted octanol–water partition coefficient (Wildman–Crippen LogP) is 3.24. The molecule has 1 heterocycles. The lowest BCUT2D eigenvalue weighted by atomic mass is 10.2. The second-order valence-corrected chi connectivity index (χ2v) is 5.26. The lowest BCUT2D eigenvalue weighted by Crippen LogP contribution is -2.23. The molecule has 2 rings (SSSR count). The van der Waals surface area contributed by atoms with Crippen LogP contribution in [0.15, 0.2) is 35.3 Å². The van der Waals surface area contributed by atoms with Gasteiger partial charge in [0.2, 0.25) is 0 Å². The summed E-state index contributed by atoms with van der Waals surface area (Å²) >= 11 is 0. The molecule has 1 aromatic heterocycles. The van der Waals surface area contributed by atoms with Crippen molar-refractivity contribution in [1.29, 1.82) is 0 Å². The van der Waals surface area contributed by atoms with Crippen LogP contribution in [0, 0.1) is 20.8 Å². The Morgan fingerprint density at radius 1 is 1.23 bits per heavy atom. The summed E-state index contributed by atoms with van der Waals surface area (Å²) in [5.41, 5.74) is 10.3. The van der Waals surface area contributed by atoms with E-state index in [0.717, 1.165) is 24.3 Å². The molecule has 0 amide bonds. The van der Waals surface area contributed by atoms with Crippen LogP contribution >= 0.6 is 24.0 Å². The fourth-order valence-electron chi connectivity index (χ4n) is 2.15. The SMILES string of the molecule is Cc1ccc(NC(N)=NCCCn2nc(C)cc2C)cc1.I. The quantitative estimate of drug-likeness (QED) is 0.342. The molecule has 0 saturated carbocycles. The van der Waals surface area contributed by atoms with Crippen LogP contribution < -0.4 is 11.1 Å². The van der Waals surface area contributed by atoms with E-state index in [1.807, 2.05) is 35.9 Å². The number of anilines is 1. The highest BCUT2D eigenvalue weighted by Gasteiger charge is 2.00. The molecule has 1 aromatic carbocycles. The summed E-state index contributed by atoms with van der Waals surface area (Å²) in [5, 5.41) is 7.51. The molecular formula is C16H24IN5. The van der Waals surface area contributed by atoms with Gasteiger partial charge in [0.05, 0.1) is 5.69 Å². The number of nitrogens with two attached hydrogens (primary N) is 1. The minimum absolute atomic E-state index is 0. The average Bonchev–Trinajstić information content (AvgIpc) is 2.76. The number of hydrogen-bond acceptors (Lipinski definition) is 2. The van der Waals surface area contributed by atoms with Crippen LogP contribution in [0.4, 0.5) is 5.69 Å². The van der Waals surface area contributed by atoms with Crippen molar-refractivity contribution < 1.29 is 0 Å². The van der Waals surface area contributed by atoms with Gasteiger partial charge in [-0.3, -0.25) is 9.67 Å². The molecule has 0 aliphatic carbocycles. The van der Waals surface area contributed by atoms with Gasteiger partial charge in [-0.25, -0.2) is 0 Å². The fraction of sp³-hybridized carbons (Fsp3) is 0.375. The van der Waals surface area contributed by atoms with Crippen molar-refractivity contribution in [3.63, 3.8) is 0 Å². The zero-order chi connectivity index (χ0) is 15.2. The van der Waals surface area contributed by atoms with Gasteiger partial charge in [-0.1, -0.05) is 17.7 Å². The van der Waals surface area contributed by atoms with E-state index < -0.39 is 0 Å². The van der Waals surface area contributed by atoms with E-state index in [2.05, 4.69) is 35.3 Å². The maximum Gasteiger partial charge on any atom is 0.193 e. The van der Waals surface area contributed by atoms with Crippen LogP contribution in [-0.2, 0) is 6.54 Å². The Balaban J connectivity index is 0.00000242. The van der Waals surface area contributed by atoms with Crippen LogP contribution in [0.3, 0.4) is 0 Å². The Morgan fingerprint density at radius 3 is 2.50 bits per heavy atom. The Morgan fingerprint density at radius 2 is 1.91 bits per heavy atom. The lowest BCUT2D eigenvalue weighted by molar-refractivity contribution is 0.568. The molecule has 3 N–H and O–H groups in total. The Bertz CT molecular complexity index is 616. The number of aliphatic imine (C=N–C) groups is 1. The van der Waals surface area contributed by atoms with E-state index in [1.54, 1.807) is 0 Å². The zero-order valence-electron chi connectivity index (χ0n) is 13.3. The van der Waals surface area contributed by atoms with E-state index in [1.165, 1.54) is 11.3 Å². The second-order valence-electron chi connectivity index (χ2n) is 5.26. The highest BCUT2D eigenvalue weighted by atomic mass is 127. The van der Waals surface area contributed by atoms with Gasteiger partial charge in [0, 0.05) is 24.5 Å². The van der Waals surface area contributed by atoms with Crippen LogP contribution in [0.2, 0.25) is 0 Å². The predicted molar refractivity (Wildman–Crippen MR) is 103 cm³/mol. The zero-order valence-corrected chi connectivity index (χ0v) is 15.7. The van der Waals surface area contributed by atoms with Gasteiger partial charge in [-0.2, -0.15) is 5.10 Å². The van der Waals surface area contributed by atoms with Crippen molar-refractivity contribution in [2.45, 2.75) is 33.7 Å². The van der Waals surface area contributed by atoms with Gasteiger partial charge in [-0.15, -0.1) is 24.0 Å². The number of guanidine groups is 1. The summed E-state index contributed by atoms with van der Waals surface area (Å²) in [6.45, 7) is 7.67. The van der Waals surface area contributed by atoms with Crippen LogP contribution in [0.5, 0.6) is 0 Å². The summed E-state index contributed by atoms with van der Waals surface area (Å²) in [5.74, 6) is 0.451. The van der Waals surface area contributed by atoms with E-state index in [-0.39, 0.29) is 24.0 Å². The summed E-state index contributed by atoms with van der Waals surface area (Å²) in [6.07, 6.45) is 0.915. The topological polar surface area (TPSA) is 68.2 Å². The number of nitrogens with one attached hydrogen (secondary N) is 1. The Hall–Kier alpha value is -1.57. The normalized spacial score (nSPS) is 11.1. The van der Waals surface area contributed by atoms with Crippen molar-refractivity contribution in [3.05, 3.63) is 47.3 Å². The molecule has 6 heteroatoms. The number of aryl methyl sites for hydroxylation is 4. The van der Waals surface area contributed by atoms with Gasteiger partial charge in [0.15, 0.2) is 5.96 Å². The Kier molecular flexibility index (Phi) is 7.37. The third kappa shape index (κ3) is 5.67. The highest BCUT2D eigenvalue weighted by Crippen LogP contribution is 2.08. The van der Waals surface area contributed by atoms with E-state index in [0.29, 0.717) is 12.5 Å². The van der Waals surface area contributed by atoms with Gasteiger partial charge < -0.3 is 11.1 Å². The molecule has 22 heavy (non-hydrogen) atoms. The third-order valence-corrected chi connectivity index (χ3v) is 3.24. The minimum Gasteiger partial charge on any atom is -0.370 e. The fourth-order valence-corrected chi connectivity index (χ4v) is 2.15. The molecule has 0 atom stereocenters. The largest absolute Gasteiger partial charge is 0.370 e. The molecule has 0 bridgehead atoms. The number of hydrogen-bond donors (Lipinski definition) is 2. The van der Waals surface area contributed by atoms with Gasteiger partial charge >= 0.3 is 0 Å². The Labute approximate surface area is 149 Å². The first kappa shape index (κ1) is 18.5. The first-order chi connectivity index (χ1) is 10.0. The molecule has 0 unspecified atom stereocenters.